The third kappa shape index (κ3) is 12.6. The zero-order chi connectivity index (χ0) is 70.2. The quantitative estimate of drug-likeness (QED) is 0.0416. The average Bonchev–Trinajstić information content (AvgIpc) is 0.672. The van der Waals surface area contributed by atoms with Gasteiger partial charge in [-0.05, 0) is 116 Å². The predicted molar refractivity (Wildman–Crippen MR) is 321 cm³/mol. The molecule has 11 aliphatic rings. The van der Waals surface area contributed by atoms with Crippen molar-refractivity contribution in [3.63, 3.8) is 0 Å². The normalized spacial score (nSPS) is 54.9. The molecule has 0 aromatic carbocycles. The van der Waals surface area contributed by atoms with E-state index in [4.69, 9.17) is 56.8 Å². The van der Waals surface area contributed by atoms with Crippen LogP contribution in [0.5, 0.6) is 0 Å². The molecule has 18 N–H and O–H groups in total. The van der Waals surface area contributed by atoms with Gasteiger partial charge in [-0.25, -0.2) is 0 Å². The van der Waals surface area contributed by atoms with Crippen LogP contribution in [0.25, 0.3) is 0 Å². The van der Waals surface area contributed by atoms with Crippen LogP contribution in [0.15, 0.2) is 11.6 Å². The molecular formula is C65H106O31. The molecule has 0 aromatic rings. The molecule has 0 bridgehead atoms. The minimum Gasteiger partial charge on any atom is -0.432 e. The number of allylic oxidation sites excluding steroid dienone is 2. The van der Waals surface area contributed by atoms with Crippen LogP contribution in [-0.2, 0) is 61.6 Å². The van der Waals surface area contributed by atoms with Crippen molar-refractivity contribution in [1.82, 2.24) is 0 Å². The lowest BCUT2D eigenvalue weighted by Crippen LogP contribution is -2.69. The van der Waals surface area contributed by atoms with Crippen LogP contribution >= 0.6 is 0 Å². The lowest BCUT2D eigenvalue weighted by Gasteiger charge is -2.72. The van der Waals surface area contributed by atoms with Gasteiger partial charge in [0, 0.05) is 0 Å². The fourth-order valence-electron chi connectivity index (χ4n) is 19.2. The molecule has 0 radical (unpaired) electrons. The molecule has 552 valence electrons. The van der Waals surface area contributed by atoms with Crippen LogP contribution in [0.1, 0.15) is 120 Å². The van der Waals surface area contributed by atoms with Crippen molar-refractivity contribution in [3.05, 3.63) is 11.6 Å². The number of carbonyl (C=O) groups excluding carboxylic acids is 1. The van der Waals surface area contributed by atoms with Gasteiger partial charge in [-0.2, -0.15) is 0 Å². The highest BCUT2D eigenvalue weighted by Crippen LogP contribution is 2.76. The first-order chi connectivity index (χ1) is 45.0. The summed E-state index contributed by atoms with van der Waals surface area (Å²) in [7, 11) is 0. The molecule has 38 atom stereocenters. The second-order valence-electron chi connectivity index (χ2n) is 31.5. The highest BCUT2D eigenvalue weighted by atomic mass is 16.8. The minimum atomic E-state index is -2.02. The van der Waals surface area contributed by atoms with Crippen LogP contribution in [0.2, 0.25) is 0 Å². The molecule has 0 amide bonds. The van der Waals surface area contributed by atoms with Gasteiger partial charge in [-0.1, -0.05) is 60.1 Å². The Balaban J connectivity index is 0.831. The first-order valence-electron chi connectivity index (χ1n) is 34.1. The third-order valence-corrected chi connectivity index (χ3v) is 25.2. The lowest BCUT2D eigenvalue weighted by atomic mass is 9.33. The van der Waals surface area contributed by atoms with Gasteiger partial charge in [0.15, 0.2) is 37.6 Å². The van der Waals surface area contributed by atoms with Crippen molar-refractivity contribution in [2.75, 3.05) is 26.4 Å². The van der Waals surface area contributed by atoms with Gasteiger partial charge in [-0.15, -0.1) is 0 Å². The largest absolute Gasteiger partial charge is 0.432 e. The van der Waals surface area contributed by atoms with Crippen LogP contribution in [0.3, 0.4) is 0 Å². The molecule has 0 aromatic heterocycles. The number of ether oxygens (including phenoxy) is 12. The van der Waals surface area contributed by atoms with Crippen molar-refractivity contribution in [2.24, 2.45) is 50.2 Å². The first-order valence-corrected chi connectivity index (χ1v) is 34.1. The molecule has 6 saturated heterocycles. The number of fused-ring (bicyclic) bond motifs is 7. The number of hydrogen-bond donors (Lipinski definition) is 18. The summed E-state index contributed by atoms with van der Waals surface area (Å²) in [6.07, 6.45) is -43.8. The minimum absolute atomic E-state index is 0.00257. The summed E-state index contributed by atoms with van der Waals surface area (Å²) in [4.78, 5) is 15.7. The van der Waals surface area contributed by atoms with Gasteiger partial charge < -0.3 is 149 Å². The summed E-state index contributed by atoms with van der Waals surface area (Å²) < 4.78 is 72.7. The summed E-state index contributed by atoms with van der Waals surface area (Å²) in [5.41, 5.74) is -3.23. The number of esters is 1. The van der Waals surface area contributed by atoms with Crippen LogP contribution < -0.4 is 0 Å². The van der Waals surface area contributed by atoms with E-state index in [0.717, 1.165) is 5.57 Å². The second kappa shape index (κ2) is 27.9. The molecule has 6 heterocycles. The van der Waals surface area contributed by atoms with Gasteiger partial charge in [0.05, 0.1) is 50.8 Å². The SMILES string of the molecule is C[C@@H]1O[C@H](O[C@H]2[C@H](O[C@@H]3CC[C@@]4(C)[C@H](CC[C@@]5(C)[C@H]4CC=C4[C@H]6CC(C)(C)CC[C@@]6(C(=O)O[C@H]6O[C@H](CO)[C@@H](O)[C@@H](O)[C@H]6O[C@H]6O[C@H](C)[C@H](O[C@@H]7O[C@@H](CO)[C@H](O)[C@H](O)[C@H]7O)[C@@H](O)[C@H]6O)[C@H](O)C[C@]45C)C3(C)C)O[C@H](CO)[C@@H](O[C@@H]3OC[C@@H](O)[C@@H](O)[C@H]3O)[C@@H]2O)[C@H](O)[C@@H](O)[C@H]1O. The van der Waals surface area contributed by atoms with Gasteiger partial charge in [0.2, 0.25) is 6.29 Å². The van der Waals surface area contributed by atoms with Gasteiger partial charge in [0.25, 0.3) is 0 Å². The molecule has 11 rings (SSSR count). The summed E-state index contributed by atoms with van der Waals surface area (Å²) in [5.74, 6) is -1.55. The van der Waals surface area contributed by atoms with E-state index in [-0.39, 0.29) is 30.1 Å². The second-order valence-corrected chi connectivity index (χ2v) is 31.5. The Kier molecular flexibility index (Phi) is 21.9. The fraction of sp³-hybridized carbons (Fsp3) is 0.954. The van der Waals surface area contributed by atoms with Crippen LogP contribution in [0.4, 0.5) is 0 Å². The average molecular weight is 1380 g/mol. The molecule has 31 heteroatoms. The van der Waals surface area contributed by atoms with Crippen molar-refractivity contribution >= 4 is 5.97 Å². The summed E-state index contributed by atoms with van der Waals surface area (Å²) >= 11 is 0. The standard InChI is InChI=1S/C65H106O31/c1-24-36(71)40(75)45(80)54(86-24)95-52-48(83)50(93-53-44(79)37(72)28(69)23-85-53)31(22-68)90-57(52)91-35-13-14-62(7)32(61(35,5)6)12-15-63(8)33(62)11-10-26-27-18-60(3,4)16-17-65(27,34(70)19-64(26,63)9)59(84)96-58-51(42(77)39(74)30(21-67)89-58)94-55-47(82)43(78)49(25(2)87-55)92-56-46(81)41(76)38(73)29(20-66)88-56/h10,24-25,27-58,66-83H,11-23H2,1-9H3/t24-,25+,27+,28+,29-,30+,31+,32+,33-,34+,35+,36-,37+,38-,39+,40-,41-,42+,43-,44+,45+,46+,47+,48-,49-,50+,51+,52+,53-,54+,55+,56-,57-,58+,62-,63-,64+,65-/m0/s1. The predicted octanol–water partition coefficient (Wildman–Crippen LogP) is -4.72. The molecule has 0 spiro atoms. The van der Waals surface area contributed by atoms with E-state index in [1.165, 1.54) is 13.8 Å². The topological polar surface area (TPSA) is 492 Å². The lowest BCUT2D eigenvalue weighted by molar-refractivity contribution is -0.391. The van der Waals surface area contributed by atoms with Crippen LogP contribution in [-0.4, -0.2) is 315 Å². The first kappa shape index (κ1) is 75.2. The van der Waals surface area contributed by atoms with E-state index in [0.29, 0.717) is 44.9 Å². The zero-order valence-corrected chi connectivity index (χ0v) is 55.8. The van der Waals surface area contributed by atoms with Crippen molar-refractivity contribution in [2.45, 2.75) is 310 Å². The smallest absolute Gasteiger partial charge is 0.317 e. The molecule has 4 saturated carbocycles. The maximum atomic E-state index is 15.7. The summed E-state index contributed by atoms with van der Waals surface area (Å²) in [6.45, 7) is 15.2. The Bertz CT molecular complexity index is 2710. The maximum Gasteiger partial charge on any atom is 0.317 e. The van der Waals surface area contributed by atoms with Gasteiger partial charge in [-0.3, -0.25) is 4.79 Å². The van der Waals surface area contributed by atoms with E-state index in [9.17, 15) is 91.9 Å². The number of aliphatic hydroxyl groups excluding tert-OH is 18. The number of aliphatic hydroxyl groups is 18. The third-order valence-electron chi connectivity index (χ3n) is 25.2. The molecule has 96 heavy (non-hydrogen) atoms. The van der Waals surface area contributed by atoms with E-state index in [1.54, 1.807) is 0 Å². The van der Waals surface area contributed by atoms with E-state index >= 15 is 4.79 Å². The molecule has 5 aliphatic carbocycles. The molecule has 0 unspecified atom stereocenters. The van der Waals surface area contributed by atoms with Crippen LogP contribution in [0, 0.1) is 50.2 Å². The Labute approximate surface area is 556 Å². The Morgan fingerprint density at radius 3 is 1.64 bits per heavy atom. The molecule has 10 fully saturated rings. The van der Waals surface area contributed by atoms with Crippen molar-refractivity contribution < 1.29 is 154 Å². The highest BCUT2D eigenvalue weighted by molar-refractivity contribution is 5.80. The molecular weight excluding hydrogens is 1280 g/mol. The Hall–Kier alpha value is -1.95. The van der Waals surface area contributed by atoms with E-state index in [2.05, 4.69) is 54.5 Å². The number of carbonyl (C=O) groups is 1. The Morgan fingerprint density at radius 1 is 0.479 bits per heavy atom. The summed E-state index contributed by atoms with van der Waals surface area (Å²) in [5, 5.41) is 198. The monoisotopic (exact) mass is 1380 g/mol. The van der Waals surface area contributed by atoms with Crippen molar-refractivity contribution in [3.8, 4) is 0 Å². The van der Waals surface area contributed by atoms with Gasteiger partial charge in [0.1, 0.15) is 127 Å². The molecule has 6 aliphatic heterocycles. The highest BCUT2D eigenvalue weighted by Gasteiger charge is 2.73. The van der Waals surface area contributed by atoms with E-state index in [1.807, 2.05) is 0 Å². The number of hydrogen-bond acceptors (Lipinski definition) is 31. The fourth-order valence-corrected chi connectivity index (χ4v) is 19.2. The Morgan fingerprint density at radius 2 is 1.00 bits per heavy atom. The zero-order valence-electron chi connectivity index (χ0n) is 55.8. The number of rotatable bonds is 15. The maximum absolute atomic E-state index is 15.7. The summed E-state index contributed by atoms with van der Waals surface area (Å²) in [6, 6.07) is 0. The molecule has 31 nitrogen and oxygen atoms in total. The van der Waals surface area contributed by atoms with E-state index < -0.39 is 256 Å². The van der Waals surface area contributed by atoms with Gasteiger partial charge >= 0.3 is 5.97 Å². The van der Waals surface area contributed by atoms with Crippen molar-refractivity contribution in [1.29, 1.82) is 0 Å².